The number of rotatable bonds is 8. The third-order valence-corrected chi connectivity index (χ3v) is 4.57. The molecular weight excluding hydrogens is 368 g/mol. The van der Waals surface area contributed by atoms with E-state index in [2.05, 4.69) is 32.7 Å². The summed E-state index contributed by atoms with van der Waals surface area (Å²) in [5.41, 5.74) is 2.61. The highest BCUT2D eigenvalue weighted by Gasteiger charge is 2.13. The van der Waals surface area contributed by atoms with Gasteiger partial charge >= 0.3 is 0 Å². The Kier molecular flexibility index (Phi) is 5.85. The average Bonchev–Trinajstić information content (AvgIpc) is 3.24. The Morgan fingerprint density at radius 3 is 2.66 bits per heavy atom. The molecule has 148 valence electrons. The Morgan fingerprint density at radius 2 is 1.83 bits per heavy atom. The van der Waals surface area contributed by atoms with E-state index < -0.39 is 0 Å². The van der Waals surface area contributed by atoms with Crippen molar-refractivity contribution in [1.82, 2.24) is 15.3 Å². The Bertz CT molecular complexity index is 962. The molecule has 29 heavy (non-hydrogen) atoms. The van der Waals surface area contributed by atoms with Crippen molar-refractivity contribution >= 4 is 11.7 Å². The van der Waals surface area contributed by atoms with E-state index in [0.29, 0.717) is 24.6 Å². The number of nitrogens with zero attached hydrogens (tertiary/aromatic N) is 2. The van der Waals surface area contributed by atoms with Crippen molar-refractivity contribution in [1.29, 1.82) is 0 Å². The van der Waals surface area contributed by atoms with Crippen LogP contribution < -0.4 is 20.1 Å². The third-order valence-electron chi connectivity index (χ3n) is 4.57. The van der Waals surface area contributed by atoms with Crippen LogP contribution in [0.15, 0.2) is 60.9 Å². The molecule has 0 saturated carbocycles. The molecule has 2 aromatic carbocycles. The smallest absolute Gasteiger partial charge is 0.271 e. The summed E-state index contributed by atoms with van der Waals surface area (Å²) in [4.78, 5) is 20.7. The first-order chi connectivity index (χ1) is 14.3. The summed E-state index contributed by atoms with van der Waals surface area (Å²) in [6.07, 6.45) is 4.84. The summed E-state index contributed by atoms with van der Waals surface area (Å²) in [6.45, 7) is 1.42. The SMILES string of the molecule is O=C(NCCCc1ccccc1)c1cnc(NCc2ccc3c(c2)OCO3)cn1. The summed E-state index contributed by atoms with van der Waals surface area (Å²) in [5, 5.41) is 6.07. The quantitative estimate of drug-likeness (QED) is 0.575. The fourth-order valence-corrected chi connectivity index (χ4v) is 3.01. The number of aryl methyl sites for hydroxylation is 1. The molecule has 3 aromatic rings. The first-order valence-corrected chi connectivity index (χ1v) is 9.54. The highest BCUT2D eigenvalue weighted by Crippen LogP contribution is 2.32. The van der Waals surface area contributed by atoms with Crippen LogP contribution in [-0.4, -0.2) is 29.2 Å². The van der Waals surface area contributed by atoms with Gasteiger partial charge in [-0.15, -0.1) is 0 Å². The van der Waals surface area contributed by atoms with Crippen molar-refractivity contribution in [2.24, 2.45) is 0 Å². The number of aromatic nitrogens is 2. The van der Waals surface area contributed by atoms with Crippen LogP contribution in [0, 0.1) is 0 Å². The van der Waals surface area contributed by atoms with E-state index in [0.717, 1.165) is 29.9 Å². The summed E-state index contributed by atoms with van der Waals surface area (Å²) in [7, 11) is 0. The minimum atomic E-state index is -0.215. The number of hydrogen-bond donors (Lipinski definition) is 2. The van der Waals surface area contributed by atoms with Gasteiger partial charge < -0.3 is 20.1 Å². The number of hydrogen-bond acceptors (Lipinski definition) is 6. The molecule has 1 aliphatic rings. The van der Waals surface area contributed by atoms with Crippen molar-refractivity contribution in [3.05, 3.63) is 77.7 Å². The van der Waals surface area contributed by atoms with E-state index in [-0.39, 0.29) is 12.7 Å². The van der Waals surface area contributed by atoms with Crippen molar-refractivity contribution in [3.63, 3.8) is 0 Å². The van der Waals surface area contributed by atoms with Crippen LogP contribution in [0.1, 0.15) is 28.0 Å². The molecule has 7 nitrogen and oxygen atoms in total. The second kappa shape index (κ2) is 9.05. The topological polar surface area (TPSA) is 85.4 Å². The van der Waals surface area contributed by atoms with Crippen molar-refractivity contribution in [2.75, 3.05) is 18.7 Å². The molecular formula is C22H22N4O3. The molecule has 0 radical (unpaired) electrons. The molecule has 1 aliphatic heterocycles. The normalized spacial score (nSPS) is 11.9. The van der Waals surface area contributed by atoms with E-state index in [4.69, 9.17) is 9.47 Å². The van der Waals surface area contributed by atoms with Crippen LogP contribution in [0.5, 0.6) is 11.5 Å². The maximum atomic E-state index is 12.2. The minimum Gasteiger partial charge on any atom is -0.454 e. The zero-order valence-electron chi connectivity index (χ0n) is 15.9. The molecule has 1 amide bonds. The molecule has 0 atom stereocenters. The molecule has 1 aromatic heterocycles. The van der Waals surface area contributed by atoms with Crippen molar-refractivity contribution in [2.45, 2.75) is 19.4 Å². The Balaban J connectivity index is 1.22. The number of anilines is 1. The van der Waals surface area contributed by atoms with Gasteiger partial charge in [0.25, 0.3) is 5.91 Å². The fraction of sp³-hybridized carbons (Fsp3) is 0.227. The van der Waals surface area contributed by atoms with E-state index >= 15 is 0 Å². The van der Waals surface area contributed by atoms with Crippen LogP contribution >= 0.6 is 0 Å². The molecule has 4 rings (SSSR count). The highest BCUT2D eigenvalue weighted by atomic mass is 16.7. The van der Waals surface area contributed by atoms with E-state index in [1.165, 1.54) is 11.8 Å². The Labute approximate surface area is 169 Å². The second-order valence-corrected chi connectivity index (χ2v) is 6.67. The number of benzene rings is 2. The van der Waals surface area contributed by atoms with Gasteiger partial charge in [0.15, 0.2) is 11.5 Å². The number of amides is 1. The highest BCUT2D eigenvalue weighted by molar-refractivity contribution is 5.91. The molecule has 0 saturated heterocycles. The van der Waals surface area contributed by atoms with Crippen LogP contribution in [0.2, 0.25) is 0 Å². The molecule has 0 bridgehead atoms. The summed E-state index contributed by atoms with van der Waals surface area (Å²) < 4.78 is 10.7. The van der Waals surface area contributed by atoms with Gasteiger partial charge in [-0.1, -0.05) is 36.4 Å². The van der Waals surface area contributed by atoms with Crippen molar-refractivity contribution < 1.29 is 14.3 Å². The predicted molar refractivity (Wildman–Crippen MR) is 109 cm³/mol. The number of fused-ring (bicyclic) bond motifs is 1. The maximum absolute atomic E-state index is 12.2. The van der Waals surface area contributed by atoms with Gasteiger partial charge in [0.05, 0.1) is 12.4 Å². The van der Waals surface area contributed by atoms with Crippen LogP contribution in [0.25, 0.3) is 0 Å². The molecule has 0 spiro atoms. The number of carbonyl (C=O) groups excluding carboxylic acids is 1. The van der Waals surface area contributed by atoms with Gasteiger partial charge in [0.1, 0.15) is 11.5 Å². The Morgan fingerprint density at radius 1 is 0.966 bits per heavy atom. The second-order valence-electron chi connectivity index (χ2n) is 6.67. The zero-order chi connectivity index (χ0) is 19.9. The first-order valence-electron chi connectivity index (χ1n) is 9.54. The summed E-state index contributed by atoms with van der Waals surface area (Å²) in [6, 6.07) is 16.0. The van der Waals surface area contributed by atoms with Gasteiger partial charge in [0.2, 0.25) is 6.79 Å². The summed E-state index contributed by atoms with van der Waals surface area (Å²) in [5.74, 6) is 1.89. The monoisotopic (exact) mass is 390 g/mol. The minimum absolute atomic E-state index is 0.215. The van der Waals surface area contributed by atoms with Crippen LogP contribution in [0.3, 0.4) is 0 Å². The number of ether oxygens (including phenoxy) is 2. The lowest BCUT2D eigenvalue weighted by molar-refractivity contribution is 0.0948. The van der Waals surface area contributed by atoms with Gasteiger partial charge in [0, 0.05) is 13.1 Å². The maximum Gasteiger partial charge on any atom is 0.271 e. The van der Waals surface area contributed by atoms with E-state index in [9.17, 15) is 4.79 Å². The summed E-state index contributed by atoms with van der Waals surface area (Å²) >= 11 is 0. The van der Waals surface area contributed by atoms with Gasteiger partial charge in [-0.25, -0.2) is 9.97 Å². The molecule has 0 unspecified atom stereocenters. The largest absolute Gasteiger partial charge is 0.454 e. The van der Waals surface area contributed by atoms with E-state index in [1.807, 2.05) is 36.4 Å². The lowest BCUT2D eigenvalue weighted by Gasteiger charge is -2.08. The molecule has 2 N–H and O–H groups in total. The zero-order valence-corrected chi connectivity index (χ0v) is 15.9. The molecule has 7 heteroatoms. The lowest BCUT2D eigenvalue weighted by Crippen LogP contribution is -2.25. The first kappa shape index (κ1) is 18.7. The standard InChI is InChI=1S/C22H22N4O3/c27-22(23-10-4-7-16-5-2-1-3-6-16)18-13-26-21(14-24-18)25-12-17-8-9-19-20(11-17)29-15-28-19/h1-3,5-6,8-9,11,13-14H,4,7,10,12,15H2,(H,23,27)(H,25,26). The van der Waals surface area contributed by atoms with Crippen LogP contribution in [0.4, 0.5) is 5.82 Å². The molecule has 0 fully saturated rings. The van der Waals surface area contributed by atoms with Gasteiger partial charge in [-0.3, -0.25) is 4.79 Å². The van der Waals surface area contributed by atoms with Crippen LogP contribution in [-0.2, 0) is 13.0 Å². The lowest BCUT2D eigenvalue weighted by atomic mass is 10.1. The van der Waals surface area contributed by atoms with E-state index in [1.54, 1.807) is 6.20 Å². The van der Waals surface area contributed by atoms with Gasteiger partial charge in [-0.05, 0) is 36.1 Å². The average molecular weight is 390 g/mol. The molecule has 2 heterocycles. The third kappa shape index (κ3) is 5.01. The Hall–Kier alpha value is -3.61. The number of nitrogens with one attached hydrogen (secondary N) is 2. The predicted octanol–water partition coefficient (Wildman–Crippen LogP) is 3.18. The number of carbonyl (C=O) groups is 1. The van der Waals surface area contributed by atoms with Gasteiger partial charge in [-0.2, -0.15) is 0 Å². The van der Waals surface area contributed by atoms with Crippen molar-refractivity contribution in [3.8, 4) is 11.5 Å². The fourth-order valence-electron chi connectivity index (χ4n) is 3.01. The molecule has 0 aliphatic carbocycles.